The van der Waals surface area contributed by atoms with Crippen LogP contribution in [0.5, 0.6) is 0 Å². The summed E-state index contributed by atoms with van der Waals surface area (Å²) in [5, 5.41) is 0. The van der Waals surface area contributed by atoms with Crippen molar-refractivity contribution in [2.24, 2.45) is 0 Å². The number of hydrogen-bond acceptors (Lipinski definition) is 0. The van der Waals surface area contributed by atoms with Crippen LogP contribution in [-0.2, 0) is 0 Å². The predicted molar refractivity (Wildman–Crippen MR) is 36.6 cm³/mol. The van der Waals surface area contributed by atoms with Crippen molar-refractivity contribution < 1.29 is 0 Å². The van der Waals surface area contributed by atoms with E-state index < -0.39 is 0 Å². The van der Waals surface area contributed by atoms with E-state index in [0.717, 1.165) is 6.42 Å². The van der Waals surface area contributed by atoms with Gasteiger partial charge in [0.1, 0.15) is 0 Å². The first kappa shape index (κ1) is 10.1. The van der Waals surface area contributed by atoms with Crippen molar-refractivity contribution in [3.63, 3.8) is 0 Å². The van der Waals surface area contributed by atoms with Crippen LogP contribution in [0.25, 0.3) is 0 Å². The molecule has 0 saturated heterocycles. The lowest BCUT2D eigenvalue weighted by atomic mass is 10.5. The summed E-state index contributed by atoms with van der Waals surface area (Å²) in [4.78, 5) is 1.81. The third-order valence-corrected chi connectivity index (χ3v) is 0.630. The molecule has 0 atom stereocenters. The van der Waals surface area contributed by atoms with Crippen molar-refractivity contribution in [2.75, 3.05) is 0 Å². The Morgan fingerprint density at radius 2 is 2.17 bits per heavy atom. The molecule has 0 spiro atoms. The van der Waals surface area contributed by atoms with Gasteiger partial charge in [-0.2, -0.15) is 0 Å². The Bertz CT molecular complexity index is 34.5. The summed E-state index contributed by atoms with van der Waals surface area (Å²) in [6, 6.07) is 0. The second-order valence-electron chi connectivity index (χ2n) is 0.650. The number of allylic oxidation sites excluding steroid dienone is 1. The highest BCUT2D eigenvalue weighted by molar-refractivity contribution is 9.11. The third kappa shape index (κ3) is 8.88. The summed E-state index contributed by atoms with van der Waals surface area (Å²) in [5.41, 5.74) is 0. The van der Waals surface area contributed by atoms with E-state index in [-0.39, 0.29) is 23.1 Å². The lowest BCUT2D eigenvalue weighted by Gasteiger charge is -1.63. The monoisotopic (exact) mass is 159 g/mol. The predicted octanol–water partition coefficient (Wildman–Crippen LogP) is 1.20. The van der Waals surface area contributed by atoms with E-state index in [1.807, 2.05) is 6.08 Å². The lowest BCUT2D eigenvalue weighted by Crippen LogP contribution is -1.41. The zero-order chi connectivity index (χ0) is 4.12. The molecule has 0 aromatic carbocycles. The topological polar surface area (TPSA) is 0 Å². The van der Waals surface area contributed by atoms with Crippen molar-refractivity contribution in [1.29, 1.82) is 0 Å². The molecule has 0 aromatic heterocycles. The molecular formula is C4H8BrMg. The molecule has 1 radical (unpaired) electrons. The number of halogens is 1. The Balaban J connectivity index is 0. The van der Waals surface area contributed by atoms with Gasteiger partial charge >= 0.3 is 23.1 Å². The maximum Gasteiger partial charge on any atom is 0.316 e. The standard InChI is InChI=1S/C4H6Br.Mg.2H/c1-2-3-4-5;;;/h3-4H,1-2H2;;;. The van der Waals surface area contributed by atoms with Crippen molar-refractivity contribution in [3.05, 3.63) is 18.0 Å². The van der Waals surface area contributed by atoms with Crippen LogP contribution in [-0.4, -0.2) is 23.1 Å². The molecule has 33 valence electrons. The molecule has 0 fully saturated rings. The SMILES string of the molecule is [CH2]CC=CBr.[MgH2]. The summed E-state index contributed by atoms with van der Waals surface area (Å²) in [7, 11) is 0. The molecule has 0 nitrogen and oxygen atoms in total. The van der Waals surface area contributed by atoms with E-state index in [0.29, 0.717) is 0 Å². The molecule has 0 aliphatic rings. The average Bonchev–Trinajstić information content (AvgIpc) is 1.41. The fourth-order valence-corrected chi connectivity index (χ4v) is 0.327. The molecule has 2 heteroatoms. The quantitative estimate of drug-likeness (QED) is 0.506. The Morgan fingerprint density at radius 1 is 1.67 bits per heavy atom. The molecule has 0 saturated carbocycles. The summed E-state index contributed by atoms with van der Waals surface area (Å²) < 4.78 is 0. The number of hydrogen-bond donors (Lipinski definition) is 0. The summed E-state index contributed by atoms with van der Waals surface area (Å²) in [6.45, 7) is 3.56. The van der Waals surface area contributed by atoms with Gasteiger partial charge in [-0.3, -0.25) is 0 Å². The summed E-state index contributed by atoms with van der Waals surface area (Å²) >= 11 is 3.09. The van der Waals surface area contributed by atoms with Crippen LogP contribution in [0.4, 0.5) is 0 Å². The van der Waals surface area contributed by atoms with Crippen LogP contribution in [0, 0.1) is 6.92 Å². The van der Waals surface area contributed by atoms with Crippen LogP contribution in [0.3, 0.4) is 0 Å². The molecule has 0 bridgehead atoms. The van der Waals surface area contributed by atoms with Crippen LogP contribution < -0.4 is 0 Å². The van der Waals surface area contributed by atoms with Gasteiger partial charge in [0.05, 0.1) is 0 Å². The minimum Gasteiger partial charge on any atom is -0.0776 e. The van der Waals surface area contributed by atoms with Gasteiger partial charge in [0.25, 0.3) is 0 Å². The highest BCUT2D eigenvalue weighted by atomic mass is 79.9. The first-order chi connectivity index (χ1) is 2.41. The Hall–Kier alpha value is 0.986. The smallest absolute Gasteiger partial charge is 0.0776 e. The fourth-order valence-electron chi connectivity index (χ4n) is 0.0630. The van der Waals surface area contributed by atoms with Gasteiger partial charge in [-0.1, -0.05) is 22.0 Å². The maximum atomic E-state index is 3.56. The van der Waals surface area contributed by atoms with E-state index in [2.05, 4.69) is 22.9 Å². The first-order valence-electron chi connectivity index (χ1n) is 1.46. The molecule has 6 heavy (non-hydrogen) atoms. The van der Waals surface area contributed by atoms with Crippen LogP contribution >= 0.6 is 15.9 Å². The van der Waals surface area contributed by atoms with Gasteiger partial charge in [-0.25, -0.2) is 0 Å². The molecule has 0 rings (SSSR count). The van der Waals surface area contributed by atoms with Crippen molar-refractivity contribution in [3.8, 4) is 0 Å². The Kier molecular flexibility index (Phi) is 15.7. The molecule has 0 aliphatic heterocycles. The normalized spacial score (nSPS) is 8.33. The van der Waals surface area contributed by atoms with Gasteiger partial charge < -0.3 is 0 Å². The van der Waals surface area contributed by atoms with Crippen LogP contribution in [0.1, 0.15) is 6.42 Å². The fraction of sp³-hybridized carbons (Fsp3) is 0.250. The second-order valence-corrected chi connectivity index (χ2v) is 1.18. The van der Waals surface area contributed by atoms with E-state index in [1.165, 1.54) is 0 Å². The van der Waals surface area contributed by atoms with Crippen molar-refractivity contribution in [2.45, 2.75) is 6.42 Å². The molecule has 0 heterocycles. The van der Waals surface area contributed by atoms with Crippen LogP contribution in [0.15, 0.2) is 11.1 Å². The van der Waals surface area contributed by atoms with E-state index >= 15 is 0 Å². The van der Waals surface area contributed by atoms with Crippen LogP contribution in [0.2, 0.25) is 0 Å². The lowest BCUT2D eigenvalue weighted by molar-refractivity contribution is 1.41. The zero-order valence-corrected chi connectivity index (χ0v) is 4.53. The molecule has 0 amide bonds. The second kappa shape index (κ2) is 9.37. The van der Waals surface area contributed by atoms with E-state index in [1.54, 1.807) is 4.99 Å². The van der Waals surface area contributed by atoms with Crippen molar-refractivity contribution >= 4 is 39.0 Å². The Labute approximate surface area is 63.3 Å². The minimum atomic E-state index is 0. The zero-order valence-electron chi connectivity index (χ0n) is 2.95. The van der Waals surface area contributed by atoms with Gasteiger partial charge in [-0.15, -0.1) is 0 Å². The highest BCUT2D eigenvalue weighted by Gasteiger charge is 1.53. The maximum absolute atomic E-state index is 3.56. The van der Waals surface area contributed by atoms with Crippen molar-refractivity contribution in [1.82, 2.24) is 0 Å². The largest absolute Gasteiger partial charge is 0.316 e. The van der Waals surface area contributed by atoms with Gasteiger partial charge in [-0.05, 0) is 18.3 Å². The summed E-state index contributed by atoms with van der Waals surface area (Å²) in [5.74, 6) is 0. The molecular weight excluding hydrogens is 152 g/mol. The minimum absolute atomic E-state index is 0. The molecule has 0 unspecified atom stereocenters. The Morgan fingerprint density at radius 3 is 2.17 bits per heavy atom. The van der Waals surface area contributed by atoms with Gasteiger partial charge in [0.2, 0.25) is 0 Å². The molecule has 0 N–H and O–H groups in total. The number of rotatable bonds is 1. The summed E-state index contributed by atoms with van der Waals surface area (Å²) in [6.07, 6.45) is 2.80. The highest BCUT2D eigenvalue weighted by Crippen LogP contribution is 1.83. The van der Waals surface area contributed by atoms with E-state index in [9.17, 15) is 0 Å². The van der Waals surface area contributed by atoms with Gasteiger partial charge in [0.15, 0.2) is 0 Å². The van der Waals surface area contributed by atoms with Gasteiger partial charge in [0, 0.05) is 0 Å². The molecule has 0 aliphatic carbocycles. The molecule has 0 aromatic rings. The average molecular weight is 160 g/mol. The third-order valence-electron chi connectivity index (χ3n) is 0.256. The van der Waals surface area contributed by atoms with E-state index in [4.69, 9.17) is 0 Å². The first-order valence-corrected chi connectivity index (χ1v) is 2.38.